The van der Waals surface area contributed by atoms with Gasteiger partial charge in [-0.05, 0) is 55.6 Å². The molecule has 0 atom stereocenters. The molecule has 0 aliphatic carbocycles. The van der Waals surface area contributed by atoms with Crippen LogP contribution in [0.25, 0.3) is 10.9 Å². The van der Waals surface area contributed by atoms with Gasteiger partial charge in [0.05, 0.1) is 12.7 Å². The molecule has 0 radical (unpaired) electrons. The van der Waals surface area contributed by atoms with Gasteiger partial charge < -0.3 is 19.5 Å². The molecule has 0 bridgehead atoms. The zero-order valence-corrected chi connectivity index (χ0v) is 18.0. The fourth-order valence-corrected chi connectivity index (χ4v) is 4.48. The van der Waals surface area contributed by atoms with Gasteiger partial charge >= 0.3 is 5.97 Å². The second-order valence-corrected chi connectivity index (χ2v) is 8.04. The largest absolute Gasteiger partial charge is 0.465 e. The number of piperazine rings is 1. The van der Waals surface area contributed by atoms with E-state index >= 15 is 0 Å². The first-order valence-electron chi connectivity index (χ1n) is 10.8. The summed E-state index contributed by atoms with van der Waals surface area (Å²) in [4.78, 5) is 14.3. The summed E-state index contributed by atoms with van der Waals surface area (Å²) in [6.45, 7) is 8.93. The molecule has 1 fully saturated rings. The van der Waals surface area contributed by atoms with E-state index in [9.17, 15) is 4.79 Å². The Morgan fingerprint density at radius 3 is 2.50 bits per heavy atom. The van der Waals surface area contributed by atoms with Crippen molar-refractivity contribution >= 4 is 16.9 Å². The van der Waals surface area contributed by atoms with Gasteiger partial charge in [0.15, 0.2) is 0 Å². The number of benzene rings is 2. The van der Waals surface area contributed by atoms with E-state index in [0.29, 0.717) is 5.56 Å². The third-order valence-corrected chi connectivity index (χ3v) is 6.18. The highest BCUT2D eigenvalue weighted by Gasteiger charge is 2.15. The number of aryl methyl sites for hydroxylation is 1. The van der Waals surface area contributed by atoms with Gasteiger partial charge in [-0.1, -0.05) is 30.3 Å². The number of methoxy groups -OCH3 is 1. The maximum absolute atomic E-state index is 11.7. The first-order chi connectivity index (χ1) is 14.7. The fourth-order valence-electron chi connectivity index (χ4n) is 4.48. The molecule has 5 nitrogen and oxygen atoms in total. The van der Waals surface area contributed by atoms with Crippen molar-refractivity contribution in [3.05, 3.63) is 70.9 Å². The number of hydrogen-bond donors (Lipinski definition) is 1. The molecular weight excluding hydrogens is 374 g/mol. The normalized spacial score (nSPS) is 14.9. The molecule has 1 saturated heterocycles. The van der Waals surface area contributed by atoms with Crippen LogP contribution in [0.3, 0.4) is 0 Å². The van der Waals surface area contributed by atoms with Gasteiger partial charge in [-0.2, -0.15) is 0 Å². The first-order valence-corrected chi connectivity index (χ1v) is 10.8. The average molecular weight is 406 g/mol. The Labute approximate surface area is 178 Å². The van der Waals surface area contributed by atoms with Crippen molar-refractivity contribution in [1.82, 2.24) is 14.8 Å². The summed E-state index contributed by atoms with van der Waals surface area (Å²) < 4.78 is 7.29. The number of ether oxygens (including phenoxy) is 1. The molecule has 1 aliphatic rings. The average Bonchev–Trinajstić information content (AvgIpc) is 3.06. The lowest BCUT2D eigenvalue weighted by atomic mass is 10.0. The molecule has 0 spiro atoms. The standard InChI is InChI=1S/C25H31N3O2/c1-19-23(18-20-8-10-21(11-9-20)25(29)30-2)22-6-3-4-7-24(22)28(19)15-5-14-27-16-12-26-13-17-27/h3-4,6-11,26H,5,12-18H2,1-2H3. The number of rotatable bonds is 7. The van der Waals surface area contributed by atoms with Crippen molar-refractivity contribution in [2.75, 3.05) is 39.8 Å². The lowest BCUT2D eigenvalue weighted by Gasteiger charge is -2.27. The van der Waals surface area contributed by atoms with Crippen molar-refractivity contribution in [2.24, 2.45) is 0 Å². The monoisotopic (exact) mass is 405 g/mol. The molecule has 1 aliphatic heterocycles. The van der Waals surface area contributed by atoms with Gasteiger partial charge in [0.2, 0.25) is 0 Å². The Hall–Kier alpha value is -2.63. The van der Waals surface area contributed by atoms with E-state index in [1.807, 2.05) is 24.3 Å². The minimum Gasteiger partial charge on any atom is -0.465 e. The van der Waals surface area contributed by atoms with Crippen LogP contribution in [-0.2, 0) is 17.7 Å². The van der Waals surface area contributed by atoms with E-state index in [1.165, 1.54) is 34.8 Å². The number of carbonyl (C=O) groups excluding carboxylic acids is 1. The van der Waals surface area contributed by atoms with Crippen molar-refractivity contribution < 1.29 is 9.53 Å². The lowest BCUT2D eigenvalue weighted by Crippen LogP contribution is -2.43. The molecule has 1 N–H and O–H groups in total. The summed E-state index contributed by atoms with van der Waals surface area (Å²) in [5.74, 6) is -0.293. The Morgan fingerprint density at radius 2 is 1.77 bits per heavy atom. The summed E-state index contributed by atoms with van der Waals surface area (Å²) in [6, 6.07) is 16.5. The van der Waals surface area contributed by atoms with Crippen LogP contribution >= 0.6 is 0 Å². The van der Waals surface area contributed by atoms with E-state index in [2.05, 4.69) is 46.0 Å². The van der Waals surface area contributed by atoms with Gasteiger partial charge in [-0.25, -0.2) is 4.79 Å². The number of para-hydroxylation sites is 1. The number of carbonyl (C=O) groups is 1. The molecule has 3 aromatic rings. The molecule has 30 heavy (non-hydrogen) atoms. The Bertz CT molecular complexity index is 1000. The lowest BCUT2D eigenvalue weighted by molar-refractivity contribution is 0.0600. The maximum Gasteiger partial charge on any atom is 0.337 e. The van der Waals surface area contributed by atoms with Crippen LogP contribution in [0, 0.1) is 6.92 Å². The third-order valence-electron chi connectivity index (χ3n) is 6.18. The quantitative estimate of drug-likeness (QED) is 0.610. The Morgan fingerprint density at radius 1 is 1.03 bits per heavy atom. The minimum absolute atomic E-state index is 0.293. The van der Waals surface area contributed by atoms with Gasteiger partial charge in [-0.3, -0.25) is 0 Å². The minimum atomic E-state index is -0.293. The molecule has 0 saturated carbocycles. The first kappa shape index (κ1) is 20.6. The Kier molecular flexibility index (Phi) is 6.50. The second kappa shape index (κ2) is 9.45. The molecule has 2 aromatic carbocycles. The van der Waals surface area contributed by atoms with Gasteiger partial charge in [0, 0.05) is 49.3 Å². The number of esters is 1. The molecule has 0 unspecified atom stereocenters. The van der Waals surface area contributed by atoms with Crippen LogP contribution in [0.5, 0.6) is 0 Å². The van der Waals surface area contributed by atoms with E-state index in [-0.39, 0.29) is 5.97 Å². The molecule has 1 aromatic heterocycles. The van der Waals surface area contributed by atoms with Crippen LogP contribution in [-0.4, -0.2) is 55.3 Å². The summed E-state index contributed by atoms with van der Waals surface area (Å²) in [5, 5.41) is 4.75. The van der Waals surface area contributed by atoms with Crippen molar-refractivity contribution in [2.45, 2.75) is 26.3 Å². The highest BCUT2D eigenvalue weighted by atomic mass is 16.5. The van der Waals surface area contributed by atoms with Crippen LogP contribution in [0.2, 0.25) is 0 Å². The molecule has 5 heteroatoms. The predicted molar refractivity (Wildman–Crippen MR) is 121 cm³/mol. The topological polar surface area (TPSA) is 46.5 Å². The molecule has 2 heterocycles. The van der Waals surface area contributed by atoms with E-state index in [1.54, 1.807) is 0 Å². The van der Waals surface area contributed by atoms with E-state index < -0.39 is 0 Å². The van der Waals surface area contributed by atoms with Gasteiger partial charge in [0.1, 0.15) is 0 Å². The van der Waals surface area contributed by atoms with Crippen LogP contribution < -0.4 is 5.32 Å². The van der Waals surface area contributed by atoms with Crippen molar-refractivity contribution in [1.29, 1.82) is 0 Å². The van der Waals surface area contributed by atoms with Crippen LogP contribution in [0.15, 0.2) is 48.5 Å². The number of hydrogen-bond acceptors (Lipinski definition) is 4. The maximum atomic E-state index is 11.7. The summed E-state index contributed by atoms with van der Waals surface area (Å²) in [5.41, 5.74) is 5.83. The second-order valence-electron chi connectivity index (χ2n) is 8.04. The highest BCUT2D eigenvalue weighted by Crippen LogP contribution is 2.28. The number of fused-ring (bicyclic) bond motifs is 1. The van der Waals surface area contributed by atoms with Crippen LogP contribution in [0.4, 0.5) is 0 Å². The third kappa shape index (κ3) is 4.42. The van der Waals surface area contributed by atoms with Crippen molar-refractivity contribution in [3.63, 3.8) is 0 Å². The summed E-state index contributed by atoms with van der Waals surface area (Å²) in [7, 11) is 1.41. The van der Waals surface area contributed by atoms with Gasteiger partial charge in [0.25, 0.3) is 0 Å². The molecular formula is C25H31N3O2. The molecule has 158 valence electrons. The summed E-state index contributed by atoms with van der Waals surface area (Å²) >= 11 is 0. The zero-order valence-electron chi connectivity index (χ0n) is 18.0. The van der Waals surface area contributed by atoms with Crippen molar-refractivity contribution in [3.8, 4) is 0 Å². The highest BCUT2D eigenvalue weighted by molar-refractivity contribution is 5.89. The van der Waals surface area contributed by atoms with E-state index in [0.717, 1.165) is 52.1 Å². The van der Waals surface area contributed by atoms with E-state index in [4.69, 9.17) is 4.74 Å². The smallest absolute Gasteiger partial charge is 0.337 e. The number of nitrogens with zero attached hydrogens (tertiary/aromatic N) is 2. The number of aromatic nitrogens is 1. The Balaban J connectivity index is 1.53. The summed E-state index contributed by atoms with van der Waals surface area (Å²) in [6.07, 6.45) is 2.02. The number of nitrogens with one attached hydrogen (secondary N) is 1. The SMILES string of the molecule is COC(=O)c1ccc(Cc2c(C)n(CCCN3CCNCC3)c3ccccc23)cc1. The fraction of sp³-hybridized carbons (Fsp3) is 0.400. The predicted octanol–water partition coefficient (Wildman–Crippen LogP) is 3.62. The van der Waals surface area contributed by atoms with Crippen LogP contribution in [0.1, 0.15) is 33.6 Å². The molecule has 0 amide bonds. The van der Waals surface area contributed by atoms with Gasteiger partial charge in [-0.15, -0.1) is 0 Å². The molecule has 4 rings (SSSR count). The zero-order chi connectivity index (χ0) is 20.9.